The van der Waals surface area contributed by atoms with Crippen molar-refractivity contribution in [1.82, 2.24) is 4.90 Å². The van der Waals surface area contributed by atoms with Gasteiger partial charge >= 0.3 is 0 Å². The summed E-state index contributed by atoms with van der Waals surface area (Å²) in [6.45, 7) is 8.24. The number of ketones is 1. The molecule has 1 atom stereocenters. The number of rotatable bonds is 8. The fourth-order valence-corrected chi connectivity index (χ4v) is 4.88. The summed E-state index contributed by atoms with van der Waals surface area (Å²) in [7, 11) is 3.02. The zero-order valence-corrected chi connectivity index (χ0v) is 23.6. The molecule has 2 N–H and O–H groups in total. The van der Waals surface area contributed by atoms with Crippen molar-refractivity contribution >= 4 is 17.4 Å². The van der Waals surface area contributed by atoms with Crippen LogP contribution in [0.25, 0.3) is 5.76 Å². The van der Waals surface area contributed by atoms with E-state index in [9.17, 15) is 19.8 Å². The standard InChI is InChI=1S/C32H35NO7/c1-7-40-26-16-19(12-14-23(26)34)28-27(29(35)22-17-21(32(2,3)4)13-15-25(22)39-6)30(36)31(37)33(28)18-20-10-8-9-11-24(20)38-5/h8-17,28,34-35H,7,18H2,1-6H3/b29-27+. The molecule has 0 radical (unpaired) electrons. The number of methoxy groups -OCH3 is 2. The average molecular weight is 546 g/mol. The molecule has 0 saturated carbocycles. The average Bonchev–Trinajstić information content (AvgIpc) is 3.18. The van der Waals surface area contributed by atoms with Gasteiger partial charge in [-0.2, -0.15) is 0 Å². The van der Waals surface area contributed by atoms with Crippen LogP contribution in [0.3, 0.4) is 0 Å². The predicted octanol–water partition coefficient (Wildman–Crippen LogP) is 5.73. The lowest BCUT2D eigenvalue weighted by atomic mass is 9.85. The number of phenolic OH excluding ortho intramolecular Hbond substituents is 1. The monoisotopic (exact) mass is 545 g/mol. The number of aromatic hydroxyl groups is 1. The van der Waals surface area contributed by atoms with Crippen LogP contribution in [-0.2, 0) is 21.5 Å². The van der Waals surface area contributed by atoms with Crippen LogP contribution >= 0.6 is 0 Å². The van der Waals surface area contributed by atoms with Crippen molar-refractivity contribution in [3.05, 3.63) is 88.5 Å². The molecule has 8 nitrogen and oxygen atoms in total. The Labute approximate surface area is 234 Å². The lowest BCUT2D eigenvalue weighted by molar-refractivity contribution is -0.140. The number of Topliss-reactive ketones (excluding diaryl/α,β-unsaturated/α-hetero) is 1. The lowest BCUT2D eigenvalue weighted by Crippen LogP contribution is -2.29. The number of ether oxygens (including phenoxy) is 3. The number of carbonyl (C=O) groups excluding carboxylic acids is 2. The van der Waals surface area contributed by atoms with Gasteiger partial charge in [0.1, 0.15) is 17.3 Å². The number of phenols is 1. The van der Waals surface area contributed by atoms with E-state index < -0.39 is 17.7 Å². The Balaban J connectivity index is 1.97. The molecule has 1 unspecified atom stereocenters. The summed E-state index contributed by atoms with van der Waals surface area (Å²) in [5.41, 5.74) is 2.06. The van der Waals surface area contributed by atoms with Crippen LogP contribution in [0, 0.1) is 0 Å². The van der Waals surface area contributed by atoms with Gasteiger partial charge in [0.2, 0.25) is 0 Å². The van der Waals surface area contributed by atoms with Crippen LogP contribution in [-0.4, -0.2) is 47.6 Å². The van der Waals surface area contributed by atoms with Crippen molar-refractivity contribution in [2.45, 2.75) is 45.7 Å². The van der Waals surface area contributed by atoms with E-state index >= 15 is 0 Å². The summed E-state index contributed by atoms with van der Waals surface area (Å²) in [5.74, 6) is -0.896. The molecule has 210 valence electrons. The first-order chi connectivity index (χ1) is 19.0. The summed E-state index contributed by atoms with van der Waals surface area (Å²) in [6, 6.07) is 16.3. The number of hydrogen-bond acceptors (Lipinski definition) is 7. The molecule has 0 aliphatic carbocycles. The smallest absolute Gasteiger partial charge is 0.295 e. The highest BCUT2D eigenvalue weighted by molar-refractivity contribution is 6.46. The molecule has 0 spiro atoms. The quantitative estimate of drug-likeness (QED) is 0.212. The SMILES string of the molecule is CCOc1cc(C2/C(=C(\O)c3cc(C(C)(C)C)ccc3OC)C(=O)C(=O)N2Cc2ccccc2OC)ccc1O. The molecule has 1 aliphatic rings. The first-order valence-electron chi connectivity index (χ1n) is 13.1. The first-order valence-corrected chi connectivity index (χ1v) is 13.1. The van der Waals surface area contributed by atoms with Gasteiger partial charge in [0.25, 0.3) is 11.7 Å². The Kier molecular flexibility index (Phi) is 8.09. The van der Waals surface area contributed by atoms with Crippen LogP contribution in [0.4, 0.5) is 0 Å². The summed E-state index contributed by atoms with van der Waals surface area (Å²) in [5, 5.41) is 22.1. The van der Waals surface area contributed by atoms with Crippen molar-refractivity contribution in [2.24, 2.45) is 0 Å². The van der Waals surface area contributed by atoms with Crippen LogP contribution in [0.2, 0.25) is 0 Å². The third-order valence-corrected chi connectivity index (χ3v) is 6.99. The minimum atomic E-state index is -0.979. The molecule has 4 rings (SSSR count). The molecular weight excluding hydrogens is 510 g/mol. The number of para-hydroxylation sites is 1. The molecule has 3 aromatic carbocycles. The van der Waals surface area contributed by atoms with Crippen LogP contribution in [0.15, 0.2) is 66.2 Å². The van der Waals surface area contributed by atoms with Gasteiger partial charge in [0.05, 0.1) is 44.5 Å². The summed E-state index contributed by atoms with van der Waals surface area (Å²) in [4.78, 5) is 28.6. The van der Waals surface area contributed by atoms with E-state index in [1.54, 1.807) is 37.3 Å². The summed E-state index contributed by atoms with van der Waals surface area (Å²) >= 11 is 0. The molecule has 8 heteroatoms. The third-order valence-electron chi connectivity index (χ3n) is 6.99. The second-order valence-electron chi connectivity index (χ2n) is 10.6. The van der Waals surface area contributed by atoms with Gasteiger partial charge in [-0.05, 0) is 53.8 Å². The van der Waals surface area contributed by atoms with E-state index in [-0.39, 0.29) is 34.8 Å². The molecule has 1 amide bonds. The highest BCUT2D eigenvalue weighted by atomic mass is 16.5. The van der Waals surface area contributed by atoms with E-state index in [1.165, 1.54) is 25.2 Å². The zero-order valence-electron chi connectivity index (χ0n) is 23.6. The number of nitrogens with zero attached hydrogens (tertiary/aromatic N) is 1. The van der Waals surface area contributed by atoms with E-state index in [0.717, 1.165) is 5.56 Å². The van der Waals surface area contributed by atoms with Gasteiger partial charge < -0.3 is 29.3 Å². The van der Waals surface area contributed by atoms with Crippen molar-refractivity contribution < 1.29 is 34.0 Å². The largest absolute Gasteiger partial charge is 0.507 e. The van der Waals surface area contributed by atoms with E-state index in [2.05, 4.69) is 0 Å². The van der Waals surface area contributed by atoms with E-state index in [4.69, 9.17) is 14.2 Å². The molecule has 1 heterocycles. The van der Waals surface area contributed by atoms with Crippen LogP contribution in [0.1, 0.15) is 56.0 Å². The number of aliphatic hydroxyl groups is 1. The Bertz CT molecular complexity index is 1470. The normalized spacial score (nSPS) is 16.8. The van der Waals surface area contributed by atoms with Gasteiger partial charge in [-0.1, -0.05) is 51.1 Å². The Morgan fingerprint density at radius 3 is 2.27 bits per heavy atom. The van der Waals surface area contributed by atoms with Crippen molar-refractivity contribution in [1.29, 1.82) is 0 Å². The van der Waals surface area contributed by atoms with Crippen LogP contribution in [0.5, 0.6) is 23.0 Å². The maximum atomic E-state index is 13.7. The number of carbonyl (C=O) groups is 2. The number of amides is 1. The molecule has 3 aromatic rings. The van der Waals surface area contributed by atoms with Crippen LogP contribution < -0.4 is 14.2 Å². The second-order valence-corrected chi connectivity index (χ2v) is 10.6. The maximum absolute atomic E-state index is 13.7. The van der Waals surface area contributed by atoms with Crippen molar-refractivity contribution in [3.8, 4) is 23.0 Å². The van der Waals surface area contributed by atoms with Gasteiger partial charge in [0.15, 0.2) is 11.5 Å². The number of aliphatic hydroxyl groups excluding tert-OH is 1. The zero-order chi connectivity index (χ0) is 29.2. The summed E-state index contributed by atoms with van der Waals surface area (Å²) < 4.78 is 16.6. The molecule has 1 fully saturated rings. The molecule has 0 bridgehead atoms. The highest BCUT2D eigenvalue weighted by Crippen LogP contribution is 2.44. The minimum absolute atomic E-state index is 0.0417. The van der Waals surface area contributed by atoms with Gasteiger partial charge in [-0.15, -0.1) is 0 Å². The summed E-state index contributed by atoms with van der Waals surface area (Å²) in [6.07, 6.45) is 0. The fourth-order valence-electron chi connectivity index (χ4n) is 4.88. The predicted molar refractivity (Wildman–Crippen MR) is 152 cm³/mol. The fraction of sp³-hybridized carbons (Fsp3) is 0.312. The Morgan fingerprint density at radius 2 is 1.62 bits per heavy atom. The van der Waals surface area contributed by atoms with E-state index in [0.29, 0.717) is 34.8 Å². The molecule has 1 saturated heterocycles. The van der Waals surface area contributed by atoms with Crippen molar-refractivity contribution in [2.75, 3.05) is 20.8 Å². The molecule has 40 heavy (non-hydrogen) atoms. The Morgan fingerprint density at radius 1 is 0.925 bits per heavy atom. The van der Waals surface area contributed by atoms with Gasteiger partial charge in [-0.3, -0.25) is 9.59 Å². The minimum Gasteiger partial charge on any atom is -0.507 e. The number of benzene rings is 3. The molecular formula is C32H35NO7. The topological polar surface area (TPSA) is 106 Å². The van der Waals surface area contributed by atoms with E-state index in [1.807, 2.05) is 45.0 Å². The second kappa shape index (κ2) is 11.3. The van der Waals surface area contributed by atoms with Crippen molar-refractivity contribution in [3.63, 3.8) is 0 Å². The van der Waals surface area contributed by atoms with Gasteiger partial charge in [-0.25, -0.2) is 0 Å². The first kappa shape index (κ1) is 28.5. The van der Waals surface area contributed by atoms with Gasteiger partial charge in [0, 0.05) is 5.56 Å². The maximum Gasteiger partial charge on any atom is 0.295 e. The molecule has 1 aliphatic heterocycles. The molecule has 0 aromatic heterocycles. The third kappa shape index (κ3) is 5.34. The number of likely N-dealkylation sites (tertiary alicyclic amines) is 1. The highest BCUT2D eigenvalue weighted by Gasteiger charge is 2.47. The Hall–Kier alpha value is -4.46. The number of hydrogen-bond donors (Lipinski definition) is 2. The lowest BCUT2D eigenvalue weighted by Gasteiger charge is -2.27.